The van der Waals surface area contributed by atoms with Crippen molar-refractivity contribution in [3.8, 4) is 22.8 Å². The fourth-order valence-corrected chi connectivity index (χ4v) is 1.81. The third-order valence-corrected chi connectivity index (χ3v) is 2.72. The van der Waals surface area contributed by atoms with Gasteiger partial charge in [0.15, 0.2) is 0 Å². The normalized spacial score (nSPS) is 10.0. The molecule has 0 saturated carbocycles. The predicted octanol–water partition coefficient (Wildman–Crippen LogP) is 3.43. The van der Waals surface area contributed by atoms with Crippen molar-refractivity contribution in [3.05, 3.63) is 41.0 Å². The number of H-pyrrole nitrogens is 1. The largest absolute Gasteiger partial charge is 0.497 e. The topological polar surface area (TPSA) is 34.2 Å². The monoisotopic (exact) mass is 247 g/mol. The summed E-state index contributed by atoms with van der Waals surface area (Å²) in [6.45, 7) is 0. The zero-order valence-corrected chi connectivity index (χ0v) is 10.5. The molecule has 3 nitrogen and oxygen atoms in total. The third-order valence-electron chi connectivity index (χ3n) is 2.47. The molecule has 1 heterocycles. The molecular formula is C13H13NO2S. The van der Waals surface area contributed by atoms with E-state index in [4.69, 9.17) is 21.7 Å². The van der Waals surface area contributed by atoms with E-state index in [1.807, 2.05) is 36.5 Å². The van der Waals surface area contributed by atoms with E-state index >= 15 is 0 Å². The van der Waals surface area contributed by atoms with Gasteiger partial charge in [-0.25, -0.2) is 0 Å². The zero-order valence-electron chi connectivity index (χ0n) is 9.69. The number of aromatic nitrogens is 1. The van der Waals surface area contributed by atoms with Crippen LogP contribution in [0.3, 0.4) is 0 Å². The first-order valence-electron chi connectivity index (χ1n) is 5.15. The quantitative estimate of drug-likeness (QED) is 0.844. The second kappa shape index (κ2) is 5.01. The van der Waals surface area contributed by atoms with E-state index in [9.17, 15) is 0 Å². The van der Waals surface area contributed by atoms with Crippen LogP contribution in [0.4, 0.5) is 0 Å². The van der Waals surface area contributed by atoms with Gasteiger partial charge in [-0.1, -0.05) is 12.2 Å². The SMILES string of the molecule is COc1ccc(OC)c(-c2cc(=S)cc[nH]2)c1. The Kier molecular flexibility index (Phi) is 3.44. The van der Waals surface area contributed by atoms with E-state index in [0.717, 1.165) is 27.3 Å². The Bertz CT molecular complexity index is 578. The Morgan fingerprint density at radius 1 is 1.06 bits per heavy atom. The van der Waals surface area contributed by atoms with Crippen molar-refractivity contribution in [2.45, 2.75) is 0 Å². The Labute approximate surface area is 105 Å². The van der Waals surface area contributed by atoms with Gasteiger partial charge in [0.25, 0.3) is 0 Å². The van der Waals surface area contributed by atoms with Crippen molar-refractivity contribution in [1.82, 2.24) is 4.98 Å². The average Bonchev–Trinajstić information content (AvgIpc) is 2.38. The molecule has 0 bridgehead atoms. The number of ether oxygens (including phenoxy) is 2. The van der Waals surface area contributed by atoms with E-state index < -0.39 is 0 Å². The first kappa shape index (κ1) is 11.7. The summed E-state index contributed by atoms with van der Waals surface area (Å²) >= 11 is 5.15. The van der Waals surface area contributed by atoms with E-state index in [-0.39, 0.29) is 0 Å². The molecule has 0 aliphatic carbocycles. The molecule has 1 aromatic carbocycles. The number of aromatic amines is 1. The summed E-state index contributed by atoms with van der Waals surface area (Å²) in [5, 5.41) is 0. The molecule has 17 heavy (non-hydrogen) atoms. The fraction of sp³-hybridized carbons (Fsp3) is 0.154. The Hall–Kier alpha value is -1.81. The summed E-state index contributed by atoms with van der Waals surface area (Å²) in [4.78, 5) is 3.15. The highest BCUT2D eigenvalue weighted by Crippen LogP contribution is 2.31. The van der Waals surface area contributed by atoms with Crippen LogP contribution >= 0.6 is 12.2 Å². The standard InChI is InChI=1S/C13H13NO2S/c1-15-9-3-4-13(16-2)11(7-9)12-8-10(17)5-6-14-12/h3-8H,1-2H3,(H,14,17). The van der Waals surface area contributed by atoms with Gasteiger partial charge in [0, 0.05) is 16.3 Å². The fourth-order valence-electron chi connectivity index (χ4n) is 1.63. The molecule has 1 aromatic heterocycles. The zero-order chi connectivity index (χ0) is 12.3. The van der Waals surface area contributed by atoms with Crippen LogP contribution in [-0.4, -0.2) is 19.2 Å². The van der Waals surface area contributed by atoms with Gasteiger partial charge >= 0.3 is 0 Å². The van der Waals surface area contributed by atoms with Crippen molar-refractivity contribution in [2.24, 2.45) is 0 Å². The van der Waals surface area contributed by atoms with Gasteiger partial charge in [-0.05, 0) is 30.3 Å². The number of hydrogen-bond donors (Lipinski definition) is 1. The molecule has 2 rings (SSSR count). The van der Waals surface area contributed by atoms with Crippen LogP contribution in [-0.2, 0) is 0 Å². The molecule has 0 spiro atoms. The molecule has 0 fully saturated rings. The molecule has 0 unspecified atom stereocenters. The molecule has 0 aliphatic heterocycles. The van der Waals surface area contributed by atoms with Gasteiger partial charge < -0.3 is 14.5 Å². The highest BCUT2D eigenvalue weighted by Gasteiger charge is 2.07. The lowest BCUT2D eigenvalue weighted by Crippen LogP contribution is -1.91. The van der Waals surface area contributed by atoms with Crippen LogP contribution in [0.25, 0.3) is 11.3 Å². The third kappa shape index (κ3) is 2.47. The van der Waals surface area contributed by atoms with Gasteiger partial charge in [-0.15, -0.1) is 0 Å². The Morgan fingerprint density at radius 2 is 1.88 bits per heavy atom. The van der Waals surface area contributed by atoms with Crippen molar-refractivity contribution < 1.29 is 9.47 Å². The van der Waals surface area contributed by atoms with E-state index in [1.165, 1.54) is 0 Å². The highest BCUT2D eigenvalue weighted by molar-refractivity contribution is 7.71. The van der Waals surface area contributed by atoms with Crippen molar-refractivity contribution >= 4 is 12.2 Å². The molecule has 2 aromatic rings. The maximum absolute atomic E-state index is 5.33. The van der Waals surface area contributed by atoms with Crippen LogP contribution in [0.5, 0.6) is 11.5 Å². The van der Waals surface area contributed by atoms with Gasteiger partial charge in [-0.2, -0.15) is 0 Å². The smallest absolute Gasteiger partial charge is 0.128 e. The first-order valence-corrected chi connectivity index (χ1v) is 5.56. The summed E-state index contributed by atoms with van der Waals surface area (Å²) in [5.74, 6) is 1.56. The molecule has 0 aliphatic rings. The number of hydrogen-bond acceptors (Lipinski definition) is 3. The molecular weight excluding hydrogens is 234 g/mol. The molecule has 88 valence electrons. The Morgan fingerprint density at radius 3 is 2.53 bits per heavy atom. The summed E-state index contributed by atoms with van der Waals surface area (Å²) < 4.78 is 11.3. The van der Waals surface area contributed by atoms with E-state index in [1.54, 1.807) is 14.2 Å². The molecule has 4 heteroatoms. The molecule has 0 radical (unpaired) electrons. The predicted molar refractivity (Wildman–Crippen MR) is 70.2 cm³/mol. The second-order valence-electron chi connectivity index (χ2n) is 3.50. The number of nitrogens with one attached hydrogen (secondary N) is 1. The van der Waals surface area contributed by atoms with Crippen LogP contribution in [0.2, 0.25) is 0 Å². The van der Waals surface area contributed by atoms with Crippen molar-refractivity contribution in [2.75, 3.05) is 14.2 Å². The summed E-state index contributed by atoms with van der Waals surface area (Å²) in [7, 11) is 3.28. The molecule has 0 saturated heterocycles. The maximum Gasteiger partial charge on any atom is 0.128 e. The second-order valence-corrected chi connectivity index (χ2v) is 3.98. The summed E-state index contributed by atoms with van der Waals surface area (Å²) in [6, 6.07) is 9.38. The van der Waals surface area contributed by atoms with Crippen LogP contribution in [0, 0.1) is 4.51 Å². The lowest BCUT2D eigenvalue weighted by Gasteiger charge is -2.10. The number of pyridine rings is 1. The maximum atomic E-state index is 5.33. The average molecular weight is 247 g/mol. The number of rotatable bonds is 3. The van der Waals surface area contributed by atoms with Gasteiger partial charge in [0.05, 0.1) is 19.9 Å². The van der Waals surface area contributed by atoms with Gasteiger partial charge in [-0.3, -0.25) is 0 Å². The van der Waals surface area contributed by atoms with Gasteiger partial charge in [0.1, 0.15) is 11.5 Å². The molecule has 0 atom stereocenters. The van der Waals surface area contributed by atoms with Crippen LogP contribution in [0.1, 0.15) is 0 Å². The minimum Gasteiger partial charge on any atom is -0.497 e. The number of methoxy groups -OCH3 is 2. The highest BCUT2D eigenvalue weighted by atomic mass is 32.1. The minimum atomic E-state index is 0.780. The molecule has 1 N–H and O–H groups in total. The lowest BCUT2D eigenvalue weighted by molar-refractivity contribution is 0.404. The minimum absolute atomic E-state index is 0.780. The van der Waals surface area contributed by atoms with E-state index in [0.29, 0.717) is 0 Å². The van der Waals surface area contributed by atoms with Crippen LogP contribution in [0.15, 0.2) is 36.5 Å². The number of benzene rings is 1. The van der Waals surface area contributed by atoms with Crippen molar-refractivity contribution in [1.29, 1.82) is 0 Å². The van der Waals surface area contributed by atoms with Crippen molar-refractivity contribution in [3.63, 3.8) is 0 Å². The first-order chi connectivity index (χ1) is 8.24. The lowest BCUT2D eigenvalue weighted by atomic mass is 10.1. The molecule has 0 amide bonds. The Balaban J connectivity index is 2.59. The van der Waals surface area contributed by atoms with E-state index in [2.05, 4.69) is 4.98 Å². The summed E-state index contributed by atoms with van der Waals surface area (Å²) in [5.41, 5.74) is 1.84. The summed E-state index contributed by atoms with van der Waals surface area (Å²) in [6.07, 6.45) is 1.82. The van der Waals surface area contributed by atoms with Crippen LogP contribution < -0.4 is 9.47 Å². The van der Waals surface area contributed by atoms with Gasteiger partial charge in [0.2, 0.25) is 0 Å².